The molecule has 0 saturated carbocycles. The van der Waals surface area contributed by atoms with Crippen molar-refractivity contribution in [2.24, 2.45) is 15.7 Å². The van der Waals surface area contributed by atoms with Gasteiger partial charge in [0.05, 0.1) is 19.0 Å². The second kappa shape index (κ2) is 10.6. The van der Waals surface area contributed by atoms with Crippen LogP contribution in [0.25, 0.3) is 0 Å². The summed E-state index contributed by atoms with van der Waals surface area (Å²) in [5.74, 6) is 1.87. The minimum absolute atomic E-state index is 0.0317. The zero-order valence-electron chi connectivity index (χ0n) is 21.5. The molecule has 3 aromatic rings. The van der Waals surface area contributed by atoms with E-state index in [0.717, 1.165) is 43.6 Å². The SMILES string of the molecule is NC1CCCN(C2=NC3=NC(CCc4ccccc4)N(Cc4ccco4)C=C3[N+]2([O-])Cc2ccccc2)C1. The lowest BCUT2D eigenvalue weighted by Crippen LogP contribution is -2.56. The first-order valence-electron chi connectivity index (χ1n) is 13.4. The molecule has 4 heterocycles. The van der Waals surface area contributed by atoms with Gasteiger partial charge in [-0.1, -0.05) is 60.7 Å². The van der Waals surface area contributed by atoms with Crippen LogP contribution in [0.4, 0.5) is 0 Å². The standard InChI is InChI=1S/C30H34N6O2/c31-25-13-7-17-34(19-25)30-33-29-27(36(30,37)22-24-11-5-2-6-12-24)21-35(20-26-14-8-18-38-26)28(32-29)16-15-23-9-3-1-4-10-23/h1-6,8-12,14,18,21,25,28H,7,13,15-17,19-20,22,31H2. The number of rotatable bonds is 7. The monoisotopic (exact) mass is 510 g/mol. The zero-order chi connectivity index (χ0) is 26.0. The Labute approximate surface area is 223 Å². The van der Waals surface area contributed by atoms with Gasteiger partial charge >= 0.3 is 5.96 Å². The minimum atomic E-state index is -0.671. The molecule has 1 fully saturated rings. The number of nitrogens with two attached hydrogens (primary N) is 1. The molecular formula is C30H34N6O2. The molecule has 1 aromatic heterocycles. The van der Waals surface area contributed by atoms with Crippen molar-refractivity contribution < 1.29 is 9.06 Å². The molecule has 3 aliphatic rings. The van der Waals surface area contributed by atoms with Crippen LogP contribution in [-0.2, 0) is 19.5 Å². The van der Waals surface area contributed by atoms with Gasteiger partial charge < -0.3 is 25.2 Å². The molecule has 2 aromatic carbocycles. The molecular weight excluding hydrogens is 476 g/mol. The summed E-state index contributed by atoms with van der Waals surface area (Å²) >= 11 is 0. The summed E-state index contributed by atoms with van der Waals surface area (Å²) in [6.07, 6.45) is 7.09. The quantitative estimate of drug-likeness (QED) is 0.370. The van der Waals surface area contributed by atoms with E-state index in [1.165, 1.54) is 5.56 Å². The van der Waals surface area contributed by atoms with E-state index in [2.05, 4.69) is 34.1 Å². The highest BCUT2D eigenvalue weighted by atomic mass is 16.6. The number of piperidine rings is 1. The largest absolute Gasteiger partial charge is 0.619 e. The Balaban J connectivity index is 1.37. The minimum Gasteiger partial charge on any atom is -0.619 e. The number of benzene rings is 2. The maximum atomic E-state index is 14.9. The third kappa shape index (κ3) is 5.03. The molecule has 1 saturated heterocycles. The van der Waals surface area contributed by atoms with E-state index >= 15 is 0 Å². The van der Waals surface area contributed by atoms with Crippen molar-refractivity contribution in [1.29, 1.82) is 0 Å². The summed E-state index contributed by atoms with van der Waals surface area (Å²) in [7, 11) is 0. The Morgan fingerprint density at radius 3 is 2.47 bits per heavy atom. The van der Waals surface area contributed by atoms with Gasteiger partial charge in [0.25, 0.3) is 0 Å². The van der Waals surface area contributed by atoms with Crippen molar-refractivity contribution in [2.45, 2.75) is 51.0 Å². The first-order chi connectivity index (χ1) is 18.6. The van der Waals surface area contributed by atoms with Gasteiger partial charge in [-0.25, -0.2) is 4.99 Å². The van der Waals surface area contributed by atoms with Crippen molar-refractivity contribution in [3.05, 3.63) is 113 Å². The van der Waals surface area contributed by atoms with Crippen LogP contribution in [0.3, 0.4) is 0 Å². The molecule has 8 nitrogen and oxygen atoms in total. The lowest BCUT2D eigenvalue weighted by atomic mass is 10.1. The maximum Gasteiger partial charge on any atom is 0.312 e. The second-order valence-electron chi connectivity index (χ2n) is 10.4. The van der Waals surface area contributed by atoms with Gasteiger partial charge in [-0.2, -0.15) is 4.99 Å². The van der Waals surface area contributed by atoms with Crippen LogP contribution >= 0.6 is 0 Å². The number of furan rings is 1. The van der Waals surface area contributed by atoms with Gasteiger partial charge in [0.15, 0.2) is 0 Å². The number of guanidine groups is 1. The van der Waals surface area contributed by atoms with Crippen LogP contribution in [0.2, 0.25) is 0 Å². The first-order valence-corrected chi connectivity index (χ1v) is 13.4. The average molecular weight is 511 g/mol. The Hall–Kier alpha value is -3.72. The number of nitrogens with zero attached hydrogens (tertiary/aromatic N) is 5. The van der Waals surface area contributed by atoms with Crippen molar-refractivity contribution in [3.63, 3.8) is 0 Å². The number of aryl methyl sites for hydroxylation is 1. The average Bonchev–Trinajstić information content (AvgIpc) is 3.54. The fourth-order valence-corrected chi connectivity index (χ4v) is 5.60. The van der Waals surface area contributed by atoms with E-state index in [4.69, 9.17) is 20.1 Å². The lowest BCUT2D eigenvalue weighted by Gasteiger charge is -2.44. The topological polar surface area (TPSA) is 93.4 Å². The number of hydroxylamine groups is 3. The normalized spacial score (nSPS) is 25.1. The maximum absolute atomic E-state index is 14.9. The van der Waals surface area contributed by atoms with Crippen LogP contribution in [0.5, 0.6) is 0 Å². The Morgan fingerprint density at radius 2 is 1.76 bits per heavy atom. The Morgan fingerprint density at radius 1 is 1.00 bits per heavy atom. The number of fused-ring (bicyclic) bond motifs is 1. The molecule has 6 rings (SSSR count). The Kier molecular flexibility index (Phi) is 6.84. The number of quaternary nitrogens is 1. The van der Waals surface area contributed by atoms with E-state index < -0.39 is 4.65 Å². The second-order valence-corrected chi connectivity index (χ2v) is 10.4. The molecule has 0 bridgehead atoms. The molecule has 38 heavy (non-hydrogen) atoms. The number of likely N-dealkylation sites (tertiary alicyclic amines) is 1. The summed E-state index contributed by atoms with van der Waals surface area (Å²) < 4.78 is 5.01. The van der Waals surface area contributed by atoms with Crippen LogP contribution in [0, 0.1) is 5.21 Å². The highest BCUT2D eigenvalue weighted by Crippen LogP contribution is 2.36. The van der Waals surface area contributed by atoms with Gasteiger partial charge in [-0.15, -0.1) is 0 Å². The number of aliphatic imine (C=N–C) groups is 2. The third-order valence-corrected chi connectivity index (χ3v) is 7.53. The summed E-state index contributed by atoms with van der Waals surface area (Å²) in [5, 5.41) is 14.9. The molecule has 0 aliphatic carbocycles. The third-order valence-electron chi connectivity index (χ3n) is 7.53. The predicted octanol–water partition coefficient (Wildman–Crippen LogP) is 4.60. The predicted molar refractivity (Wildman–Crippen MR) is 148 cm³/mol. The van der Waals surface area contributed by atoms with Crippen molar-refractivity contribution in [1.82, 2.24) is 9.80 Å². The highest BCUT2D eigenvalue weighted by molar-refractivity contribution is 6.09. The molecule has 196 valence electrons. The van der Waals surface area contributed by atoms with Crippen molar-refractivity contribution in [3.8, 4) is 0 Å². The Bertz CT molecular complexity index is 1320. The molecule has 0 spiro atoms. The van der Waals surface area contributed by atoms with E-state index in [0.29, 0.717) is 30.6 Å². The summed E-state index contributed by atoms with van der Waals surface area (Å²) in [6.45, 7) is 2.18. The zero-order valence-corrected chi connectivity index (χ0v) is 21.5. The number of hydrogen-bond acceptors (Lipinski definition) is 7. The first kappa shape index (κ1) is 24.6. The van der Waals surface area contributed by atoms with Gasteiger partial charge in [-0.05, 0) is 43.4 Å². The number of hydrogen-bond donors (Lipinski definition) is 1. The molecule has 3 atom stereocenters. The van der Waals surface area contributed by atoms with Crippen LogP contribution in [0.15, 0.2) is 105 Å². The van der Waals surface area contributed by atoms with E-state index in [1.54, 1.807) is 6.26 Å². The molecule has 8 heteroatoms. The van der Waals surface area contributed by atoms with E-state index in [9.17, 15) is 5.21 Å². The van der Waals surface area contributed by atoms with Gasteiger partial charge in [0.1, 0.15) is 18.5 Å². The van der Waals surface area contributed by atoms with Crippen LogP contribution in [0.1, 0.15) is 36.1 Å². The smallest absolute Gasteiger partial charge is 0.312 e. The van der Waals surface area contributed by atoms with Crippen molar-refractivity contribution in [2.75, 3.05) is 13.1 Å². The molecule has 0 amide bonds. The van der Waals surface area contributed by atoms with Gasteiger partial charge in [0, 0.05) is 24.7 Å². The van der Waals surface area contributed by atoms with Crippen molar-refractivity contribution >= 4 is 11.8 Å². The molecule has 0 radical (unpaired) electrons. The van der Waals surface area contributed by atoms with E-state index in [-0.39, 0.29) is 18.8 Å². The van der Waals surface area contributed by atoms with Crippen LogP contribution in [-0.4, -0.2) is 51.5 Å². The van der Waals surface area contributed by atoms with Gasteiger partial charge in [0.2, 0.25) is 11.5 Å². The summed E-state index contributed by atoms with van der Waals surface area (Å²) in [4.78, 5) is 14.2. The summed E-state index contributed by atoms with van der Waals surface area (Å²) in [5.41, 5.74) is 9.12. The highest BCUT2D eigenvalue weighted by Gasteiger charge is 2.47. The summed E-state index contributed by atoms with van der Waals surface area (Å²) in [6, 6.07) is 24.2. The molecule has 2 N–H and O–H groups in total. The van der Waals surface area contributed by atoms with Gasteiger partial charge in [-0.3, -0.25) is 4.65 Å². The molecule has 3 unspecified atom stereocenters. The number of amidine groups is 1. The molecule has 3 aliphatic heterocycles. The van der Waals surface area contributed by atoms with E-state index in [1.807, 2.05) is 54.7 Å². The fraction of sp³-hybridized carbons (Fsp3) is 0.333. The fourth-order valence-electron chi connectivity index (χ4n) is 5.60. The lowest BCUT2D eigenvalue weighted by molar-refractivity contribution is -0.760. The van der Waals surface area contributed by atoms with Crippen LogP contribution < -0.4 is 5.73 Å².